The Hall–Kier alpha value is -1.03. The third-order valence-corrected chi connectivity index (χ3v) is 2.61. The molecule has 0 N–H and O–H groups in total. The Morgan fingerprint density at radius 2 is 2.18 bits per heavy atom. The lowest BCUT2D eigenvalue weighted by Crippen LogP contribution is -2.32. The molecule has 1 rings (SSSR count). The molecule has 0 fully saturated rings. The summed E-state index contributed by atoms with van der Waals surface area (Å²) in [4.78, 5) is 10.8. The maximum atomic E-state index is 5.73. The monoisotopic (exact) mass is 257 g/mol. The van der Waals surface area contributed by atoms with Crippen molar-refractivity contribution in [2.75, 3.05) is 23.9 Å². The molecule has 0 atom stereocenters. The van der Waals surface area contributed by atoms with Gasteiger partial charge in [-0.2, -0.15) is 4.98 Å². The van der Waals surface area contributed by atoms with Gasteiger partial charge in [-0.3, -0.25) is 4.98 Å². The summed E-state index contributed by atoms with van der Waals surface area (Å²) < 4.78 is 5.35. The summed E-state index contributed by atoms with van der Waals surface area (Å²) >= 11 is 5.73. The van der Waals surface area contributed by atoms with Crippen LogP contribution in [-0.2, 0) is 0 Å². The van der Waals surface area contributed by atoms with Crippen LogP contribution < -0.4 is 9.64 Å². The lowest BCUT2D eigenvalue weighted by molar-refractivity contribution is 0.325. The first kappa shape index (κ1) is 14.0. The molecule has 0 amide bonds. The quantitative estimate of drug-likeness (QED) is 0.704. The van der Waals surface area contributed by atoms with Crippen LogP contribution in [0.3, 0.4) is 0 Å². The summed E-state index contributed by atoms with van der Waals surface area (Å²) in [5.41, 5.74) is 0. The van der Waals surface area contributed by atoms with Gasteiger partial charge in [-0.1, -0.05) is 0 Å². The second-order valence-corrected chi connectivity index (χ2v) is 4.36. The van der Waals surface area contributed by atoms with E-state index in [4.69, 9.17) is 16.3 Å². The standard InChI is InChI=1S/C12H20ClN3O/c1-4-17-12-9-14-8-11(15-12)16(10(2)3)7-5-6-13/h8-10H,4-7H2,1-3H3. The Morgan fingerprint density at radius 1 is 1.41 bits per heavy atom. The van der Waals surface area contributed by atoms with E-state index in [9.17, 15) is 0 Å². The van der Waals surface area contributed by atoms with E-state index in [0.29, 0.717) is 24.4 Å². The normalized spacial score (nSPS) is 10.6. The van der Waals surface area contributed by atoms with Gasteiger partial charge in [0.1, 0.15) is 0 Å². The Labute approximate surface area is 108 Å². The summed E-state index contributed by atoms with van der Waals surface area (Å²) in [5.74, 6) is 2.07. The molecule has 0 aliphatic carbocycles. The van der Waals surface area contributed by atoms with Gasteiger partial charge >= 0.3 is 0 Å². The average Bonchev–Trinajstić information content (AvgIpc) is 2.30. The van der Waals surface area contributed by atoms with E-state index in [2.05, 4.69) is 28.7 Å². The molecule has 17 heavy (non-hydrogen) atoms. The van der Waals surface area contributed by atoms with Crippen LogP contribution >= 0.6 is 11.6 Å². The molecule has 0 aliphatic rings. The SMILES string of the molecule is CCOc1cncc(N(CCCCl)C(C)C)n1. The van der Waals surface area contributed by atoms with Crippen molar-refractivity contribution in [3.05, 3.63) is 12.4 Å². The Balaban J connectivity index is 2.81. The molecule has 1 heterocycles. The van der Waals surface area contributed by atoms with Crippen LogP contribution in [0.25, 0.3) is 0 Å². The van der Waals surface area contributed by atoms with E-state index < -0.39 is 0 Å². The Kier molecular flexibility index (Phi) is 6.05. The molecule has 1 aromatic heterocycles. The highest BCUT2D eigenvalue weighted by atomic mass is 35.5. The average molecular weight is 258 g/mol. The van der Waals surface area contributed by atoms with E-state index in [1.54, 1.807) is 12.4 Å². The third kappa shape index (κ3) is 4.38. The van der Waals surface area contributed by atoms with Crippen LogP contribution in [0.5, 0.6) is 5.88 Å². The fraction of sp³-hybridized carbons (Fsp3) is 0.667. The number of anilines is 1. The van der Waals surface area contributed by atoms with Crippen LogP contribution in [0.15, 0.2) is 12.4 Å². The summed E-state index contributed by atoms with van der Waals surface area (Å²) in [6.45, 7) is 7.67. The zero-order chi connectivity index (χ0) is 12.7. The Bertz CT molecular complexity index is 333. The van der Waals surface area contributed by atoms with E-state index in [-0.39, 0.29) is 0 Å². The van der Waals surface area contributed by atoms with Gasteiger partial charge in [0, 0.05) is 18.5 Å². The zero-order valence-electron chi connectivity index (χ0n) is 10.7. The first-order valence-electron chi connectivity index (χ1n) is 5.96. The number of halogens is 1. The number of rotatable bonds is 7. The molecule has 96 valence electrons. The van der Waals surface area contributed by atoms with Gasteiger partial charge in [0.2, 0.25) is 5.88 Å². The van der Waals surface area contributed by atoms with Crippen molar-refractivity contribution >= 4 is 17.4 Å². The van der Waals surface area contributed by atoms with Crippen molar-refractivity contribution in [2.45, 2.75) is 33.2 Å². The molecule has 0 radical (unpaired) electrons. The van der Waals surface area contributed by atoms with Crippen LogP contribution in [0.1, 0.15) is 27.2 Å². The molecule has 0 unspecified atom stereocenters. The minimum Gasteiger partial charge on any atom is -0.477 e. The second kappa shape index (κ2) is 7.33. The number of aromatic nitrogens is 2. The predicted octanol–water partition coefficient (Wildman–Crippen LogP) is 2.72. The van der Waals surface area contributed by atoms with Crippen LogP contribution in [-0.4, -0.2) is 35.0 Å². The summed E-state index contributed by atoms with van der Waals surface area (Å²) in [5, 5.41) is 0. The van der Waals surface area contributed by atoms with Crippen LogP contribution in [0.4, 0.5) is 5.82 Å². The minimum atomic E-state index is 0.365. The molecule has 0 aromatic carbocycles. The molecule has 5 heteroatoms. The maximum Gasteiger partial charge on any atom is 0.234 e. The zero-order valence-corrected chi connectivity index (χ0v) is 11.4. The van der Waals surface area contributed by atoms with Gasteiger partial charge in [0.05, 0.1) is 19.0 Å². The number of hydrogen-bond acceptors (Lipinski definition) is 4. The molecule has 0 saturated heterocycles. The highest BCUT2D eigenvalue weighted by molar-refractivity contribution is 6.17. The molecule has 0 bridgehead atoms. The molecule has 4 nitrogen and oxygen atoms in total. The number of nitrogens with zero attached hydrogens (tertiary/aromatic N) is 3. The highest BCUT2D eigenvalue weighted by Gasteiger charge is 2.12. The van der Waals surface area contributed by atoms with Crippen molar-refractivity contribution in [2.24, 2.45) is 0 Å². The van der Waals surface area contributed by atoms with Crippen LogP contribution in [0, 0.1) is 0 Å². The first-order chi connectivity index (χ1) is 8.19. The first-order valence-corrected chi connectivity index (χ1v) is 6.50. The predicted molar refractivity (Wildman–Crippen MR) is 71.0 cm³/mol. The molecule has 0 saturated carbocycles. The number of ether oxygens (including phenoxy) is 1. The number of alkyl halides is 1. The van der Waals surface area contributed by atoms with Gasteiger partial charge < -0.3 is 9.64 Å². The molecule has 0 spiro atoms. The number of hydrogen-bond donors (Lipinski definition) is 0. The molecule has 0 aliphatic heterocycles. The summed E-state index contributed by atoms with van der Waals surface area (Å²) in [6, 6.07) is 0.365. The van der Waals surface area contributed by atoms with Gasteiger partial charge in [-0.25, -0.2) is 0 Å². The topological polar surface area (TPSA) is 38.2 Å². The van der Waals surface area contributed by atoms with Gasteiger partial charge in [-0.05, 0) is 27.2 Å². The highest BCUT2D eigenvalue weighted by Crippen LogP contribution is 2.17. The van der Waals surface area contributed by atoms with Crippen LogP contribution in [0.2, 0.25) is 0 Å². The van der Waals surface area contributed by atoms with Crippen molar-refractivity contribution in [1.82, 2.24) is 9.97 Å². The van der Waals surface area contributed by atoms with E-state index in [1.807, 2.05) is 6.92 Å². The summed E-state index contributed by atoms with van der Waals surface area (Å²) in [6.07, 6.45) is 4.32. The minimum absolute atomic E-state index is 0.365. The van der Waals surface area contributed by atoms with Gasteiger partial charge in [-0.15, -0.1) is 11.6 Å². The fourth-order valence-electron chi connectivity index (χ4n) is 1.56. The maximum absolute atomic E-state index is 5.73. The molecule has 1 aromatic rings. The van der Waals surface area contributed by atoms with Crippen molar-refractivity contribution in [3.63, 3.8) is 0 Å². The largest absolute Gasteiger partial charge is 0.477 e. The Morgan fingerprint density at radius 3 is 2.76 bits per heavy atom. The van der Waals surface area contributed by atoms with Gasteiger partial charge in [0.15, 0.2) is 5.82 Å². The summed E-state index contributed by atoms with van der Waals surface area (Å²) in [7, 11) is 0. The van der Waals surface area contributed by atoms with Crippen molar-refractivity contribution < 1.29 is 4.74 Å². The van der Waals surface area contributed by atoms with Gasteiger partial charge in [0.25, 0.3) is 0 Å². The third-order valence-electron chi connectivity index (χ3n) is 2.34. The lowest BCUT2D eigenvalue weighted by Gasteiger charge is -2.27. The second-order valence-electron chi connectivity index (χ2n) is 3.98. The molecular weight excluding hydrogens is 238 g/mol. The van der Waals surface area contributed by atoms with E-state index in [1.165, 1.54) is 0 Å². The lowest BCUT2D eigenvalue weighted by atomic mass is 10.3. The van der Waals surface area contributed by atoms with Crippen molar-refractivity contribution in [3.8, 4) is 5.88 Å². The van der Waals surface area contributed by atoms with E-state index in [0.717, 1.165) is 18.8 Å². The molecular formula is C12H20ClN3O. The van der Waals surface area contributed by atoms with Crippen molar-refractivity contribution in [1.29, 1.82) is 0 Å². The fourth-order valence-corrected chi connectivity index (χ4v) is 1.68. The smallest absolute Gasteiger partial charge is 0.234 e. The van der Waals surface area contributed by atoms with E-state index >= 15 is 0 Å².